The van der Waals surface area contributed by atoms with Crippen LogP contribution in [0.5, 0.6) is 0 Å². The molecule has 5 heteroatoms. The normalized spacial score (nSPS) is 27.6. The Bertz CT molecular complexity index is 695. The van der Waals surface area contributed by atoms with E-state index in [9.17, 15) is 4.79 Å². The maximum Gasteiger partial charge on any atom is 0.224 e. The molecule has 0 unspecified atom stereocenters. The third-order valence-corrected chi connectivity index (χ3v) is 4.94. The highest BCUT2D eigenvalue weighted by molar-refractivity contribution is 5.83. The van der Waals surface area contributed by atoms with Crippen LogP contribution in [0.1, 0.15) is 19.4 Å². The second-order valence-electron chi connectivity index (χ2n) is 6.74. The number of hydrogen-bond donors (Lipinski definition) is 2. The molecule has 1 aliphatic carbocycles. The molecule has 1 saturated heterocycles. The molecule has 21 heavy (non-hydrogen) atoms. The second kappa shape index (κ2) is 4.31. The van der Waals surface area contributed by atoms with Gasteiger partial charge < -0.3 is 15.0 Å². The number of piperidine rings is 1. The summed E-state index contributed by atoms with van der Waals surface area (Å²) >= 11 is 0. The molecular weight excluding hydrogens is 264 g/mol. The third-order valence-electron chi connectivity index (χ3n) is 4.94. The molecule has 110 valence electrons. The molecule has 2 aromatic rings. The van der Waals surface area contributed by atoms with E-state index in [0.717, 1.165) is 24.3 Å². The van der Waals surface area contributed by atoms with E-state index in [2.05, 4.69) is 29.5 Å². The molecule has 1 saturated carbocycles. The highest BCUT2D eigenvalue weighted by Crippen LogP contribution is 2.49. The van der Waals surface area contributed by atoms with Crippen LogP contribution in [0, 0.1) is 17.8 Å². The summed E-state index contributed by atoms with van der Waals surface area (Å²) in [6, 6.07) is 4.02. The van der Waals surface area contributed by atoms with Gasteiger partial charge in [-0.15, -0.1) is 0 Å². The number of rotatable bonds is 3. The fourth-order valence-electron chi connectivity index (χ4n) is 3.56. The Kier molecular flexibility index (Phi) is 2.63. The monoisotopic (exact) mass is 284 g/mol. The minimum Gasteiger partial charge on any atom is -0.347 e. The van der Waals surface area contributed by atoms with E-state index >= 15 is 0 Å². The molecule has 0 spiro atoms. The Hall–Kier alpha value is -1.88. The molecule has 1 amide bonds. The number of nitrogens with zero attached hydrogens (tertiary/aromatic N) is 2. The van der Waals surface area contributed by atoms with Crippen molar-refractivity contribution in [3.05, 3.63) is 36.3 Å². The molecule has 2 fully saturated rings. The SMILES string of the molecule is CC(C)(NC(=O)[C@H]1[C@@H]2CNC[C@@H]21)c1ccc2nccn2c1. The van der Waals surface area contributed by atoms with E-state index in [1.54, 1.807) is 6.20 Å². The average Bonchev–Trinajstić information content (AvgIpc) is 2.83. The van der Waals surface area contributed by atoms with Gasteiger partial charge in [-0.3, -0.25) is 4.79 Å². The molecule has 0 aromatic carbocycles. The Balaban J connectivity index is 1.53. The number of fused-ring (bicyclic) bond motifs is 2. The van der Waals surface area contributed by atoms with Gasteiger partial charge in [-0.1, -0.05) is 6.07 Å². The Morgan fingerprint density at radius 1 is 1.38 bits per heavy atom. The molecule has 0 radical (unpaired) electrons. The molecule has 3 heterocycles. The summed E-state index contributed by atoms with van der Waals surface area (Å²) in [6.45, 7) is 6.09. The van der Waals surface area contributed by atoms with E-state index in [4.69, 9.17) is 0 Å². The quantitative estimate of drug-likeness (QED) is 0.889. The first-order chi connectivity index (χ1) is 10.1. The summed E-state index contributed by atoms with van der Waals surface area (Å²) in [4.78, 5) is 16.7. The Morgan fingerprint density at radius 2 is 2.14 bits per heavy atom. The zero-order valence-corrected chi connectivity index (χ0v) is 12.3. The lowest BCUT2D eigenvalue weighted by atomic mass is 9.95. The van der Waals surface area contributed by atoms with Gasteiger partial charge >= 0.3 is 0 Å². The standard InChI is InChI=1S/C16H20N4O/c1-16(2,10-3-4-13-18-5-6-20(13)9-10)19-15(21)14-11-7-17-8-12(11)14/h3-6,9,11-12,14,17H,7-8H2,1-2H3,(H,19,21)/t11-,12+,14+. The van der Waals surface area contributed by atoms with Crippen LogP contribution in [0.4, 0.5) is 0 Å². The van der Waals surface area contributed by atoms with E-state index < -0.39 is 0 Å². The number of nitrogens with one attached hydrogen (secondary N) is 2. The zero-order valence-electron chi connectivity index (χ0n) is 12.3. The third kappa shape index (κ3) is 2.03. The van der Waals surface area contributed by atoms with Gasteiger partial charge in [-0.25, -0.2) is 4.98 Å². The largest absolute Gasteiger partial charge is 0.347 e. The van der Waals surface area contributed by atoms with Crippen LogP contribution in [0.3, 0.4) is 0 Å². The highest BCUT2D eigenvalue weighted by Gasteiger charge is 2.57. The predicted octanol–water partition coefficient (Wildman–Crippen LogP) is 1.15. The lowest BCUT2D eigenvalue weighted by Crippen LogP contribution is -2.43. The van der Waals surface area contributed by atoms with Crippen LogP contribution in [0.25, 0.3) is 5.65 Å². The second-order valence-corrected chi connectivity index (χ2v) is 6.74. The summed E-state index contributed by atoms with van der Waals surface area (Å²) in [7, 11) is 0. The predicted molar refractivity (Wildman–Crippen MR) is 79.7 cm³/mol. The van der Waals surface area contributed by atoms with Crippen molar-refractivity contribution in [2.24, 2.45) is 17.8 Å². The maximum atomic E-state index is 12.5. The fourth-order valence-corrected chi connectivity index (χ4v) is 3.56. The maximum absolute atomic E-state index is 12.5. The lowest BCUT2D eigenvalue weighted by molar-refractivity contribution is -0.124. The average molecular weight is 284 g/mol. The summed E-state index contributed by atoms with van der Waals surface area (Å²) in [5.74, 6) is 1.51. The first-order valence-electron chi connectivity index (χ1n) is 7.52. The smallest absolute Gasteiger partial charge is 0.224 e. The molecule has 2 aromatic heterocycles. The van der Waals surface area contributed by atoms with Gasteiger partial charge in [-0.2, -0.15) is 0 Å². The highest BCUT2D eigenvalue weighted by atomic mass is 16.2. The number of carbonyl (C=O) groups is 1. The van der Waals surface area contributed by atoms with Crippen LogP contribution < -0.4 is 10.6 Å². The molecule has 0 bridgehead atoms. The number of amides is 1. The number of pyridine rings is 1. The molecule has 4 rings (SSSR count). The van der Waals surface area contributed by atoms with E-state index in [0.29, 0.717) is 11.8 Å². The molecular formula is C16H20N4O. The van der Waals surface area contributed by atoms with Crippen molar-refractivity contribution in [1.82, 2.24) is 20.0 Å². The molecule has 5 nitrogen and oxygen atoms in total. The van der Waals surface area contributed by atoms with Gasteiger partial charge in [-0.05, 0) is 50.4 Å². The summed E-state index contributed by atoms with van der Waals surface area (Å²) in [6.07, 6.45) is 5.74. The molecule has 1 aliphatic heterocycles. The van der Waals surface area contributed by atoms with Crippen LogP contribution >= 0.6 is 0 Å². The minimum absolute atomic E-state index is 0.197. The first kappa shape index (κ1) is 12.8. The number of aromatic nitrogens is 2. The van der Waals surface area contributed by atoms with E-state index in [1.165, 1.54) is 0 Å². The van der Waals surface area contributed by atoms with Crippen molar-refractivity contribution in [3.63, 3.8) is 0 Å². The number of imidazole rings is 1. The molecule has 3 atom stereocenters. The fraction of sp³-hybridized carbons (Fsp3) is 0.500. The molecule has 2 N–H and O–H groups in total. The summed E-state index contributed by atoms with van der Waals surface area (Å²) in [5.41, 5.74) is 1.63. The Labute approximate surface area is 123 Å². The minimum atomic E-state index is -0.375. The van der Waals surface area contributed by atoms with Crippen molar-refractivity contribution in [2.75, 3.05) is 13.1 Å². The van der Waals surface area contributed by atoms with Gasteiger partial charge in [0, 0.05) is 24.5 Å². The zero-order chi connectivity index (χ0) is 14.6. The van der Waals surface area contributed by atoms with Crippen LogP contribution in [0.15, 0.2) is 30.7 Å². The van der Waals surface area contributed by atoms with Crippen LogP contribution in [-0.2, 0) is 10.3 Å². The van der Waals surface area contributed by atoms with Gasteiger partial charge in [0.1, 0.15) is 5.65 Å². The molecule has 2 aliphatic rings. The van der Waals surface area contributed by atoms with Gasteiger partial charge in [0.05, 0.1) is 5.54 Å². The summed E-state index contributed by atoms with van der Waals surface area (Å²) in [5, 5.41) is 6.55. The lowest BCUT2D eigenvalue weighted by Gasteiger charge is -2.27. The van der Waals surface area contributed by atoms with Crippen molar-refractivity contribution in [2.45, 2.75) is 19.4 Å². The Morgan fingerprint density at radius 3 is 2.90 bits per heavy atom. The van der Waals surface area contributed by atoms with Crippen molar-refractivity contribution < 1.29 is 4.79 Å². The topological polar surface area (TPSA) is 58.4 Å². The van der Waals surface area contributed by atoms with E-state index in [-0.39, 0.29) is 17.4 Å². The number of hydrogen-bond acceptors (Lipinski definition) is 3. The summed E-state index contributed by atoms with van der Waals surface area (Å²) < 4.78 is 1.99. The van der Waals surface area contributed by atoms with Gasteiger partial charge in [0.2, 0.25) is 5.91 Å². The van der Waals surface area contributed by atoms with Crippen molar-refractivity contribution >= 4 is 11.6 Å². The van der Waals surface area contributed by atoms with Crippen molar-refractivity contribution in [3.8, 4) is 0 Å². The van der Waals surface area contributed by atoms with Crippen molar-refractivity contribution in [1.29, 1.82) is 0 Å². The van der Waals surface area contributed by atoms with Gasteiger partial charge in [0.15, 0.2) is 0 Å². The van der Waals surface area contributed by atoms with E-state index in [1.807, 2.05) is 28.9 Å². The van der Waals surface area contributed by atoms with Gasteiger partial charge in [0.25, 0.3) is 0 Å². The van der Waals surface area contributed by atoms with Crippen LogP contribution in [0.2, 0.25) is 0 Å². The first-order valence-corrected chi connectivity index (χ1v) is 7.52. The number of carbonyl (C=O) groups excluding carboxylic acids is 1. The van der Waals surface area contributed by atoms with Crippen LogP contribution in [-0.4, -0.2) is 28.4 Å².